The molecule has 0 saturated heterocycles. The molecule has 0 aromatic heterocycles. The lowest BCUT2D eigenvalue weighted by Crippen LogP contribution is -2.18. The lowest BCUT2D eigenvalue weighted by Gasteiger charge is -2.15. The zero-order chi connectivity index (χ0) is 12.8. The Hall–Kier alpha value is -1.07. The summed E-state index contributed by atoms with van der Waals surface area (Å²) in [4.78, 5) is 11.4. The number of rotatable bonds is 5. The van der Waals surface area contributed by atoms with E-state index in [9.17, 15) is 4.79 Å². The average Bonchev–Trinajstić information content (AvgIpc) is 2.29. The van der Waals surface area contributed by atoms with Gasteiger partial charge in [0.2, 0.25) is 0 Å². The maximum Gasteiger partial charge on any atom is 0.307 e. The van der Waals surface area contributed by atoms with Gasteiger partial charge in [-0.15, -0.1) is 0 Å². The van der Waals surface area contributed by atoms with Crippen LogP contribution in [-0.2, 0) is 9.53 Å². The van der Waals surface area contributed by atoms with E-state index in [0.29, 0.717) is 12.4 Å². The van der Waals surface area contributed by atoms with Crippen molar-refractivity contribution in [1.29, 1.82) is 0 Å². The van der Waals surface area contributed by atoms with E-state index in [2.05, 4.69) is 15.9 Å². The van der Waals surface area contributed by atoms with E-state index in [1.54, 1.807) is 14.0 Å². The number of benzene rings is 1. The quantitative estimate of drug-likeness (QED) is 0.849. The fraction of sp³-hybridized carbons (Fsp3) is 0.417. The number of carbonyl (C=O) groups is 1. The number of ether oxygens (including phenoxy) is 2. The van der Waals surface area contributed by atoms with Gasteiger partial charge in [-0.2, -0.15) is 0 Å². The third kappa shape index (κ3) is 4.02. The number of carbonyl (C=O) groups excluding carboxylic acids is 1. The highest BCUT2D eigenvalue weighted by molar-refractivity contribution is 9.10. The van der Waals surface area contributed by atoms with E-state index in [1.165, 1.54) is 0 Å². The van der Waals surface area contributed by atoms with Gasteiger partial charge in [0.15, 0.2) is 0 Å². The van der Waals surface area contributed by atoms with E-state index in [4.69, 9.17) is 15.2 Å². The summed E-state index contributed by atoms with van der Waals surface area (Å²) in [6.45, 7) is 2.13. The Labute approximate surface area is 109 Å². The van der Waals surface area contributed by atoms with Gasteiger partial charge in [0.25, 0.3) is 0 Å². The summed E-state index contributed by atoms with van der Waals surface area (Å²) < 4.78 is 11.0. The number of hydrogen-bond donors (Lipinski definition) is 1. The monoisotopic (exact) mass is 301 g/mol. The summed E-state index contributed by atoms with van der Waals surface area (Å²) in [5, 5.41) is 0. The van der Waals surface area contributed by atoms with Crippen LogP contribution in [0.3, 0.4) is 0 Å². The molecular formula is C12H16BrNO3. The minimum Gasteiger partial charge on any atom is -0.496 e. The Morgan fingerprint density at radius 1 is 1.53 bits per heavy atom. The van der Waals surface area contributed by atoms with Gasteiger partial charge in [-0.25, -0.2) is 0 Å². The topological polar surface area (TPSA) is 61.5 Å². The molecule has 0 bridgehead atoms. The first-order valence-corrected chi connectivity index (χ1v) is 6.12. The summed E-state index contributed by atoms with van der Waals surface area (Å²) in [5.74, 6) is 0.368. The molecule has 0 aliphatic heterocycles. The van der Waals surface area contributed by atoms with Crippen LogP contribution in [0.1, 0.15) is 24.9 Å². The van der Waals surface area contributed by atoms with E-state index in [0.717, 1.165) is 10.0 Å². The fourth-order valence-corrected chi connectivity index (χ4v) is 1.88. The van der Waals surface area contributed by atoms with E-state index < -0.39 is 6.04 Å². The van der Waals surface area contributed by atoms with Gasteiger partial charge in [-0.1, -0.05) is 15.9 Å². The summed E-state index contributed by atoms with van der Waals surface area (Å²) in [6, 6.07) is 5.09. The van der Waals surface area contributed by atoms with Crippen molar-refractivity contribution >= 4 is 21.9 Å². The maximum absolute atomic E-state index is 11.4. The minimum absolute atomic E-state index is 0.140. The van der Waals surface area contributed by atoms with Crippen LogP contribution in [0.2, 0.25) is 0 Å². The van der Waals surface area contributed by atoms with Crippen molar-refractivity contribution in [2.24, 2.45) is 5.73 Å². The van der Waals surface area contributed by atoms with Crippen molar-refractivity contribution in [3.8, 4) is 5.75 Å². The molecule has 4 nitrogen and oxygen atoms in total. The van der Waals surface area contributed by atoms with Gasteiger partial charge < -0.3 is 15.2 Å². The third-order valence-electron chi connectivity index (χ3n) is 2.28. The van der Waals surface area contributed by atoms with Crippen molar-refractivity contribution in [2.75, 3.05) is 13.7 Å². The molecule has 0 heterocycles. The van der Waals surface area contributed by atoms with Crippen molar-refractivity contribution in [3.05, 3.63) is 28.2 Å². The molecule has 17 heavy (non-hydrogen) atoms. The van der Waals surface area contributed by atoms with E-state index in [1.807, 2.05) is 18.2 Å². The van der Waals surface area contributed by atoms with Crippen LogP contribution >= 0.6 is 15.9 Å². The van der Waals surface area contributed by atoms with Gasteiger partial charge in [0.05, 0.1) is 20.1 Å². The number of esters is 1. The SMILES string of the molecule is CCOC(=O)CC(N)c1cc(Br)ccc1OC. The van der Waals surface area contributed by atoms with Crippen LogP contribution in [0.25, 0.3) is 0 Å². The Morgan fingerprint density at radius 2 is 2.24 bits per heavy atom. The molecule has 1 unspecified atom stereocenters. The van der Waals surface area contributed by atoms with Crippen LogP contribution < -0.4 is 10.5 Å². The first-order valence-electron chi connectivity index (χ1n) is 5.33. The van der Waals surface area contributed by atoms with Gasteiger partial charge in [-0.05, 0) is 25.1 Å². The fourth-order valence-electron chi connectivity index (χ4n) is 1.50. The predicted octanol–water partition coefficient (Wildman–Crippen LogP) is 2.41. The second kappa shape index (κ2) is 6.61. The molecule has 2 N–H and O–H groups in total. The zero-order valence-corrected chi connectivity index (χ0v) is 11.5. The second-order valence-corrected chi connectivity index (χ2v) is 4.42. The van der Waals surface area contributed by atoms with Crippen molar-refractivity contribution in [1.82, 2.24) is 0 Å². The highest BCUT2D eigenvalue weighted by atomic mass is 79.9. The molecule has 0 aliphatic carbocycles. The van der Waals surface area contributed by atoms with Gasteiger partial charge in [-0.3, -0.25) is 4.79 Å². The summed E-state index contributed by atoms with van der Waals surface area (Å²) in [7, 11) is 1.57. The molecule has 1 aromatic carbocycles. The van der Waals surface area contributed by atoms with Crippen LogP contribution in [0.5, 0.6) is 5.75 Å². The Bertz CT molecular complexity index is 395. The largest absolute Gasteiger partial charge is 0.496 e. The summed E-state index contributed by atoms with van der Waals surface area (Å²) in [5.41, 5.74) is 6.76. The molecule has 0 fully saturated rings. The van der Waals surface area contributed by atoms with E-state index in [-0.39, 0.29) is 12.4 Å². The van der Waals surface area contributed by atoms with Crippen LogP contribution in [0.4, 0.5) is 0 Å². The molecule has 1 aromatic rings. The molecule has 0 saturated carbocycles. The highest BCUT2D eigenvalue weighted by Gasteiger charge is 2.16. The maximum atomic E-state index is 11.4. The Kier molecular flexibility index (Phi) is 5.44. The zero-order valence-electron chi connectivity index (χ0n) is 9.90. The lowest BCUT2D eigenvalue weighted by atomic mass is 10.0. The average molecular weight is 302 g/mol. The molecule has 0 amide bonds. The standard InChI is InChI=1S/C12H16BrNO3/c1-3-17-12(15)7-10(14)9-6-8(13)4-5-11(9)16-2/h4-6,10H,3,7,14H2,1-2H3. The second-order valence-electron chi connectivity index (χ2n) is 3.50. The summed E-state index contributed by atoms with van der Waals surface area (Å²) >= 11 is 3.36. The molecule has 94 valence electrons. The molecule has 0 aliphatic rings. The molecule has 1 rings (SSSR count). The van der Waals surface area contributed by atoms with Gasteiger partial charge in [0, 0.05) is 16.1 Å². The first-order chi connectivity index (χ1) is 8.08. The molecule has 0 radical (unpaired) electrons. The van der Waals surface area contributed by atoms with E-state index >= 15 is 0 Å². The normalized spacial score (nSPS) is 12.0. The van der Waals surface area contributed by atoms with Crippen molar-refractivity contribution in [2.45, 2.75) is 19.4 Å². The van der Waals surface area contributed by atoms with Crippen LogP contribution in [-0.4, -0.2) is 19.7 Å². The van der Waals surface area contributed by atoms with Crippen molar-refractivity contribution < 1.29 is 14.3 Å². The van der Waals surface area contributed by atoms with Gasteiger partial charge in [0.1, 0.15) is 5.75 Å². The smallest absolute Gasteiger partial charge is 0.307 e. The lowest BCUT2D eigenvalue weighted by molar-refractivity contribution is -0.143. The van der Waals surface area contributed by atoms with Gasteiger partial charge >= 0.3 is 5.97 Å². The number of nitrogens with two attached hydrogens (primary N) is 1. The summed E-state index contributed by atoms with van der Waals surface area (Å²) in [6.07, 6.45) is 0.140. The van der Waals surface area contributed by atoms with Crippen LogP contribution in [0.15, 0.2) is 22.7 Å². The number of methoxy groups -OCH3 is 1. The van der Waals surface area contributed by atoms with Crippen LogP contribution in [0, 0.1) is 0 Å². The Morgan fingerprint density at radius 3 is 2.82 bits per heavy atom. The number of hydrogen-bond acceptors (Lipinski definition) is 4. The Balaban J connectivity index is 2.83. The molecular weight excluding hydrogens is 286 g/mol. The first kappa shape index (κ1) is 14.0. The predicted molar refractivity (Wildman–Crippen MR) is 68.9 cm³/mol. The minimum atomic E-state index is -0.429. The molecule has 1 atom stereocenters. The van der Waals surface area contributed by atoms with Crippen molar-refractivity contribution in [3.63, 3.8) is 0 Å². The highest BCUT2D eigenvalue weighted by Crippen LogP contribution is 2.29. The number of halogens is 1. The third-order valence-corrected chi connectivity index (χ3v) is 2.78. The molecule has 0 spiro atoms. The molecule has 5 heteroatoms.